The largest absolute Gasteiger partial charge is 0.398 e. The quantitative estimate of drug-likeness (QED) is 0.792. The number of nitrogens with one attached hydrogen (secondary N) is 1. The van der Waals surface area contributed by atoms with Crippen LogP contribution in [0.5, 0.6) is 0 Å². The Morgan fingerprint density at radius 3 is 2.78 bits per heavy atom. The van der Waals surface area contributed by atoms with Crippen LogP contribution < -0.4 is 11.1 Å². The molecule has 1 aromatic rings. The van der Waals surface area contributed by atoms with Gasteiger partial charge in [-0.15, -0.1) is 0 Å². The summed E-state index contributed by atoms with van der Waals surface area (Å²) in [6.07, 6.45) is 2.75. The highest BCUT2D eigenvalue weighted by molar-refractivity contribution is 9.10. The smallest absolute Gasteiger partial charge is 0.0489 e. The molecular weight excluding hydrogens is 290 g/mol. The summed E-state index contributed by atoms with van der Waals surface area (Å²) in [7, 11) is 0. The number of nitrogen functional groups attached to an aromatic ring is 1. The summed E-state index contributed by atoms with van der Waals surface area (Å²) in [4.78, 5) is 2.55. The molecule has 0 atom stereocenters. The topological polar surface area (TPSA) is 41.3 Å². The standard InChI is InChI=1S/C14H22BrN3/c1-3-18(11-4-5-11)7-6-17-14-8-10(2)13(16)9-12(14)15/h8-9,11,17H,3-7,16H2,1-2H3. The number of aryl methyl sites for hydroxylation is 1. The van der Waals surface area contributed by atoms with Gasteiger partial charge in [0.1, 0.15) is 0 Å². The first kappa shape index (κ1) is 13.7. The Morgan fingerprint density at radius 2 is 2.17 bits per heavy atom. The fraction of sp³-hybridized carbons (Fsp3) is 0.571. The maximum Gasteiger partial charge on any atom is 0.0489 e. The molecule has 1 aliphatic rings. The van der Waals surface area contributed by atoms with E-state index in [4.69, 9.17) is 5.73 Å². The van der Waals surface area contributed by atoms with Crippen LogP contribution in [-0.2, 0) is 0 Å². The minimum atomic E-state index is 0.834. The van der Waals surface area contributed by atoms with Gasteiger partial charge in [0.05, 0.1) is 0 Å². The van der Waals surface area contributed by atoms with Crippen molar-refractivity contribution in [3.8, 4) is 0 Å². The van der Waals surface area contributed by atoms with E-state index >= 15 is 0 Å². The van der Waals surface area contributed by atoms with Gasteiger partial charge in [0.2, 0.25) is 0 Å². The van der Waals surface area contributed by atoms with Crippen LogP contribution in [0.4, 0.5) is 11.4 Å². The summed E-state index contributed by atoms with van der Waals surface area (Å²) >= 11 is 3.55. The normalized spacial score (nSPS) is 15.1. The van der Waals surface area contributed by atoms with Crippen molar-refractivity contribution in [1.82, 2.24) is 4.90 Å². The number of anilines is 2. The lowest BCUT2D eigenvalue weighted by Crippen LogP contribution is -2.30. The van der Waals surface area contributed by atoms with Crippen molar-refractivity contribution in [2.75, 3.05) is 30.7 Å². The van der Waals surface area contributed by atoms with Crippen molar-refractivity contribution in [3.05, 3.63) is 22.2 Å². The zero-order chi connectivity index (χ0) is 13.1. The summed E-state index contributed by atoms with van der Waals surface area (Å²) in [5, 5.41) is 3.48. The van der Waals surface area contributed by atoms with Crippen LogP contribution in [0.2, 0.25) is 0 Å². The number of hydrogen-bond donors (Lipinski definition) is 2. The van der Waals surface area contributed by atoms with E-state index in [1.807, 2.05) is 13.0 Å². The van der Waals surface area contributed by atoms with Crippen LogP contribution in [0, 0.1) is 6.92 Å². The van der Waals surface area contributed by atoms with Gasteiger partial charge in [-0.05, 0) is 59.9 Å². The van der Waals surface area contributed by atoms with Crippen LogP contribution in [-0.4, -0.2) is 30.6 Å². The lowest BCUT2D eigenvalue weighted by molar-refractivity contribution is 0.289. The van der Waals surface area contributed by atoms with Crippen molar-refractivity contribution in [3.63, 3.8) is 0 Å². The molecule has 0 bridgehead atoms. The number of hydrogen-bond acceptors (Lipinski definition) is 3. The fourth-order valence-electron chi connectivity index (χ4n) is 2.21. The number of rotatable bonds is 6. The molecule has 2 rings (SSSR count). The molecule has 4 heteroatoms. The highest BCUT2D eigenvalue weighted by atomic mass is 79.9. The Hall–Kier alpha value is -0.740. The maximum absolute atomic E-state index is 5.87. The van der Waals surface area contributed by atoms with Gasteiger partial charge >= 0.3 is 0 Å². The van der Waals surface area contributed by atoms with E-state index < -0.39 is 0 Å². The van der Waals surface area contributed by atoms with Crippen LogP contribution in [0.1, 0.15) is 25.3 Å². The molecule has 0 aliphatic heterocycles. The molecule has 0 spiro atoms. The molecule has 0 radical (unpaired) electrons. The number of nitrogens with zero attached hydrogens (tertiary/aromatic N) is 1. The maximum atomic E-state index is 5.87. The Labute approximate surface area is 118 Å². The predicted octanol–water partition coefficient (Wildman–Crippen LogP) is 3.24. The molecule has 1 saturated carbocycles. The second-order valence-corrected chi connectivity index (χ2v) is 5.83. The van der Waals surface area contributed by atoms with Crippen molar-refractivity contribution in [1.29, 1.82) is 0 Å². The molecule has 3 N–H and O–H groups in total. The van der Waals surface area contributed by atoms with Crippen molar-refractivity contribution in [2.45, 2.75) is 32.7 Å². The molecule has 0 heterocycles. The molecule has 0 unspecified atom stereocenters. The number of likely N-dealkylation sites (N-methyl/N-ethyl adjacent to an activating group) is 1. The lowest BCUT2D eigenvalue weighted by atomic mass is 10.2. The minimum absolute atomic E-state index is 0.834. The van der Waals surface area contributed by atoms with Gasteiger partial charge in [-0.25, -0.2) is 0 Å². The summed E-state index contributed by atoms with van der Waals surface area (Å²) < 4.78 is 1.04. The van der Waals surface area contributed by atoms with E-state index in [0.29, 0.717) is 0 Å². The molecular formula is C14H22BrN3. The summed E-state index contributed by atoms with van der Waals surface area (Å²) in [5.41, 5.74) is 8.96. The monoisotopic (exact) mass is 311 g/mol. The number of benzene rings is 1. The van der Waals surface area contributed by atoms with Crippen LogP contribution in [0.3, 0.4) is 0 Å². The first-order valence-electron chi connectivity index (χ1n) is 6.65. The Balaban J connectivity index is 1.87. The van der Waals surface area contributed by atoms with Crippen molar-refractivity contribution in [2.24, 2.45) is 0 Å². The molecule has 3 nitrogen and oxygen atoms in total. The highest BCUT2D eigenvalue weighted by Gasteiger charge is 2.27. The molecule has 1 fully saturated rings. The van der Waals surface area contributed by atoms with Gasteiger partial charge in [0, 0.05) is 35.0 Å². The van der Waals surface area contributed by atoms with Gasteiger partial charge in [0.15, 0.2) is 0 Å². The number of nitrogens with two attached hydrogens (primary N) is 1. The van der Waals surface area contributed by atoms with E-state index in [1.54, 1.807) is 0 Å². The molecule has 0 amide bonds. The molecule has 0 saturated heterocycles. The Bertz CT molecular complexity index is 416. The van der Waals surface area contributed by atoms with Gasteiger partial charge in [-0.2, -0.15) is 0 Å². The van der Waals surface area contributed by atoms with Crippen molar-refractivity contribution < 1.29 is 0 Å². The first-order chi connectivity index (χ1) is 8.61. The van der Waals surface area contributed by atoms with E-state index in [-0.39, 0.29) is 0 Å². The molecule has 100 valence electrons. The molecule has 1 aliphatic carbocycles. The van der Waals surface area contributed by atoms with Gasteiger partial charge < -0.3 is 11.1 Å². The van der Waals surface area contributed by atoms with Crippen LogP contribution in [0.15, 0.2) is 16.6 Å². The summed E-state index contributed by atoms with van der Waals surface area (Å²) in [6.45, 7) is 7.51. The number of halogens is 1. The van der Waals surface area contributed by atoms with E-state index in [2.05, 4.69) is 39.1 Å². The lowest BCUT2D eigenvalue weighted by Gasteiger charge is -2.20. The minimum Gasteiger partial charge on any atom is -0.398 e. The molecule has 1 aromatic carbocycles. The third-order valence-corrected chi connectivity index (χ3v) is 4.20. The molecule has 0 aromatic heterocycles. The second kappa shape index (κ2) is 5.93. The first-order valence-corrected chi connectivity index (χ1v) is 7.44. The average molecular weight is 312 g/mol. The third kappa shape index (κ3) is 3.39. The van der Waals surface area contributed by atoms with E-state index in [9.17, 15) is 0 Å². The van der Waals surface area contributed by atoms with Crippen LogP contribution in [0.25, 0.3) is 0 Å². The molecule has 18 heavy (non-hydrogen) atoms. The highest BCUT2D eigenvalue weighted by Crippen LogP contribution is 2.28. The Morgan fingerprint density at radius 1 is 1.44 bits per heavy atom. The third-order valence-electron chi connectivity index (χ3n) is 3.54. The zero-order valence-corrected chi connectivity index (χ0v) is 12.8. The summed E-state index contributed by atoms with van der Waals surface area (Å²) in [5.74, 6) is 0. The Kier molecular flexibility index (Phi) is 4.51. The second-order valence-electron chi connectivity index (χ2n) is 4.98. The van der Waals surface area contributed by atoms with E-state index in [1.165, 1.54) is 12.8 Å². The van der Waals surface area contributed by atoms with Crippen LogP contribution >= 0.6 is 15.9 Å². The van der Waals surface area contributed by atoms with E-state index in [0.717, 1.165) is 47.1 Å². The van der Waals surface area contributed by atoms with Gasteiger partial charge in [0.25, 0.3) is 0 Å². The van der Waals surface area contributed by atoms with Gasteiger partial charge in [-0.1, -0.05) is 6.92 Å². The summed E-state index contributed by atoms with van der Waals surface area (Å²) in [6, 6.07) is 4.91. The van der Waals surface area contributed by atoms with Gasteiger partial charge in [-0.3, -0.25) is 4.90 Å². The SMILES string of the molecule is CCN(CCNc1cc(C)c(N)cc1Br)C1CC1. The fourth-order valence-corrected chi connectivity index (χ4v) is 2.71. The average Bonchev–Trinajstić information content (AvgIpc) is 3.15. The zero-order valence-electron chi connectivity index (χ0n) is 11.2. The predicted molar refractivity (Wildman–Crippen MR) is 82.1 cm³/mol. The van der Waals surface area contributed by atoms with Crippen molar-refractivity contribution >= 4 is 27.3 Å².